The van der Waals surface area contributed by atoms with Crippen LogP contribution in [0.1, 0.15) is 395 Å². The van der Waals surface area contributed by atoms with Crippen LogP contribution in [0.5, 0.6) is 0 Å². The van der Waals surface area contributed by atoms with Gasteiger partial charge in [0.2, 0.25) is 0 Å². The predicted octanol–water partition coefficient (Wildman–Crippen LogP) is 22.6. The fourth-order valence-corrected chi connectivity index (χ4v) is 13.3. The Labute approximate surface area is 588 Å². The average Bonchev–Trinajstić information content (AvgIpc) is 1.12. The van der Waals surface area contributed by atoms with Gasteiger partial charge in [-0.2, -0.15) is 0 Å². The van der Waals surface area contributed by atoms with Crippen LogP contribution in [0.15, 0.2) is 0 Å². The van der Waals surface area contributed by atoms with Crippen molar-refractivity contribution in [3.8, 4) is 0 Å². The number of carbonyl (C=O) groups excluding carboxylic acids is 4. The van der Waals surface area contributed by atoms with Crippen molar-refractivity contribution < 1.29 is 80.2 Å². The molecule has 3 unspecified atom stereocenters. The van der Waals surface area contributed by atoms with Crippen molar-refractivity contribution in [3.63, 3.8) is 0 Å². The zero-order valence-corrected chi connectivity index (χ0v) is 64.6. The van der Waals surface area contributed by atoms with Crippen molar-refractivity contribution in [2.24, 2.45) is 17.8 Å². The summed E-state index contributed by atoms with van der Waals surface area (Å²) >= 11 is 0. The molecule has 0 spiro atoms. The van der Waals surface area contributed by atoms with Gasteiger partial charge in [-0.3, -0.25) is 37.3 Å². The van der Waals surface area contributed by atoms with Crippen molar-refractivity contribution in [1.82, 2.24) is 0 Å². The molecule has 0 saturated carbocycles. The normalized spacial score (nSPS) is 14.3. The number of phosphoric acid groups is 2. The molecule has 0 amide bonds. The number of aliphatic hydroxyl groups is 1. The summed E-state index contributed by atoms with van der Waals surface area (Å²) in [6.45, 7) is 11.9. The second-order valence-electron chi connectivity index (χ2n) is 28.9. The van der Waals surface area contributed by atoms with Gasteiger partial charge < -0.3 is 33.8 Å². The molecular formula is C77H150O17P2. The summed E-state index contributed by atoms with van der Waals surface area (Å²) in [5.41, 5.74) is 0. The molecule has 0 heterocycles. The third-order valence-electron chi connectivity index (χ3n) is 18.2. The molecular weight excluding hydrogens is 1260 g/mol. The van der Waals surface area contributed by atoms with E-state index in [0.29, 0.717) is 25.7 Å². The second-order valence-corrected chi connectivity index (χ2v) is 31.8. The molecule has 96 heavy (non-hydrogen) atoms. The molecule has 0 aromatic rings. The summed E-state index contributed by atoms with van der Waals surface area (Å²) in [4.78, 5) is 72.7. The van der Waals surface area contributed by atoms with Crippen LogP contribution in [0, 0.1) is 17.8 Å². The van der Waals surface area contributed by atoms with Crippen molar-refractivity contribution in [2.75, 3.05) is 39.6 Å². The van der Waals surface area contributed by atoms with E-state index >= 15 is 0 Å². The zero-order valence-electron chi connectivity index (χ0n) is 62.8. The Morgan fingerprint density at radius 2 is 0.531 bits per heavy atom. The van der Waals surface area contributed by atoms with E-state index in [1.807, 2.05) is 0 Å². The van der Waals surface area contributed by atoms with Crippen molar-refractivity contribution >= 4 is 39.5 Å². The van der Waals surface area contributed by atoms with Crippen molar-refractivity contribution in [1.29, 1.82) is 0 Å². The SMILES string of the molecule is CCCCCCCCCC(=O)OC[C@H](COP(=O)(O)OC[C@H](O)COP(=O)(O)OC[C@@H](COC(=O)CCCCCCCCCCCCCCCC(C)C)OC(=O)CCCCCCCCCCCCCCCCCCCCC(C)C)OC(=O)CCCCCCCCCCC(C)CC. The summed E-state index contributed by atoms with van der Waals surface area (Å²) in [7, 11) is -9.91. The first-order chi connectivity index (χ1) is 46.3. The second kappa shape index (κ2) is 67.5. The average molecular weight is 1410 g/mol. The predicted molar refractivity (Wildman–Crippen MR) is 391 cm³/mol. The van der Waals surface area contributed by atoms with Gasteiger partial charge in [0.05, 0.1) is 26.4 Å². The highest BCUT2D eigenvalue weighted by Gasteiger charge is 2.30. The van der Waals surface area contributed by atoms with E-state index in [2.05, 4.69) is 48.5 Å². The molecule has 0 fully saturated rings. The smallest absolute Gasteiger partial charge is 0.462 e. The van der Waals surface area contributed by atoms with Gasteiger partial charge in [-0.1, -0.05) is 344 Å². The number of ether oxygens (including phenoxy) is 4. The molecule has 6 atom stereocenters. The summed E-state index contributed by atoms with van der Waals surface area (Å²) in [6, 6.07) is 0. The van der Waals surface area contributed by atoms with E-state index in [4.69, 9.17) is 37.0 Å². The number of aliphatic hydroxyl groups excluding tert-OH is 1. The van der Waals surface area contributed by atoms with Crippen LogP contribution >= 0.6 is 15.6 Å². The molecule has 0 rings (SSSR count). The molecule has 3 N–H and O–H groups in total. The maximum atomic E-state index is 13.1. The summed E-state index contributed by atoms with van der Waals surface area (Å²) in [5, 5.41) is 10.6. The van der Waals surface area contributed by atoms with Gasteiger partial charge in [-0.25, -0.2) is 9.13 Å². The summed E-state index contributed by atoms with van der Waals surface area (Å²) < 4.78 is 68.4. The van der Waals surface area contributed by atoms with Gasteiger partial charge in [-0.15, -0.1) is 0 Å². The molecule has 0 aliphatic carbocycles. The van der Waals surface area contributed by atoms with Gasteiger partial charge in [0.1, 0.15) is 19.3 Å². The number of rotatable bonds is 75. The Hall–Kier alpha value is -1.94. The lowest BCUT2D eigenvalue weighted by atomic mass is 9.99. The van der Waals surface area contributed by atoms with E-state index in [1.165, 1.54) is 193 Å². The van der Waals surface area contributed by atoms with Crippen LogP contribution in [0.2, 0.25) is 0 Å². The maximum Gasteiger partial charge on any atom is 0.472 e. The number of phosphoric ester groups is 2. The Kier molecular flexibility index (Phi) is 66.2. The molecule has 0 bridgehead atoms. The van der Waals surface area contributed by atoms with Crippen LogP contribution < -0.4 is 0 Å². The molecule has 0 aliphatic heterocycles. The van der Waals surface area contributed by atoms with E-state index < -0.39 is 97.5 Å². The minimum absolute atomic E-state index is 0.105. The van der Waals surface area contributed by atoms with Gasteiger partial charge in [0, 0.05) is 25.7 Å². The fourth-order valence-electron chi connectivity index (χ4n) is 11.7. The van der Waals surface area contributed by atoms with Crippen molar-refractivity contribution in [2.45, 2.75) is 414 Å². The van der Waals surface area contributed by atoms with Crippen LogP contribution in [0.4, 0.5) is 0 Å². The molecule has 570 valence electrons. The highest BCUT2D eigenvalue weighted by molar-refractivity contribution is 7.47. The highest BCUT2D eigenvalue weighted by Crippen LogP contribution is 2.45. The largest absolute Gasteiger partial charge is 0.472 e. The number of unbranched alkanes of at least 4 members (excludes halogenated alkanes) is 42. The molecule has 17 nitrogen and oxygen atoms in total. The zero-order chi connectivity index (χ0) is 70.9. The Morgan fingerprint density at radius 3 is 0.792 bits per heavy atom. The lowest BCUT2D eigenvalue weighted by Crippen LogP contribution is -2.30. The van der Waals surface area contributed by atoms with Crippen LogP contribution in [0.25, 0.3) is 0 Å². The fraction of sp³-hybridized carbons (Fsp3) is 0.948. The van der Waals surface area contributed by atoms with Crippen LogP contribution in [-0.2, 0) is 65.4 Å². The van der Waals surface area contributed by atoms with Gasteiger partial charge in [0.15, 0.2) is 12.2 Å². The monoisotopic (exact) mass is 1410 g/mol. The first-order valence-corrected chi connectivity index (χ1v) is 42.9. The quantitative estimate of drug-likeness (QED) is 0.0222. The maximum absolute atomic E-state index is 13.1. The first kappa shape index (κ1) is 94.1. The first-order valence-electron chi connectivity index (χ1n) is 39.9. The number of hydrogen-bond acceptors (Lipinski definition) is 15. The van der Waals surface area contributed by atoms with E-state index in [9.17, 15) is 43.2 Å². The molecule has 0 aromatic carbocycles. The lowest BCUT2D eigenvalue weighted by molar-refractivity contribution is -0.161. The molecule has 0 radical (unpaired) electrons. The van der Waals surface area contributed by atoms with Crippen LogP contribution in [0.3, 0.4) is 0 Å². The van der Waals surface area contributed by atoms with E-state index in [0.717, 1.165) is 120 Å². The third-order valence-corrected chi connectivity index (χ3v) is 20.1. The molecule has 19 heteroatoms. The van der Waals surface area contributed by atoms with E-state index in [1.54, 1.807) is 0 Å². The standard InChI is InChI=1S/C77H150O17P2/c1-8-10-11-12-34-44-51-58-74(79)87-64-72(94-77(82)61-54-47-40-33-32-37-43-50-57-70(7)9-2)66-91-95(83,84)89-62-71(78)63-90-96(85,86)92-67-73(65-88-75(80)59-52-45-38-30-26-23-19-21-25-29-36-42-49-56-69(5)6)93-76(81)60-53-46-39-31-27-22-18-16-14-13-15-17-20-24-28-35-41-48-55-68(3)4/h68-73,78H,8-67H2,1-7H3,(H,83,84)(H,85,86)/t70?,71-,72+,73+/m0/s1. The number of hydrogen-bond donors (Lipinski definition) is 3. The molecule has 0 aliphatic rings. The highest BCUT2D eigenvalue weighted by atomic mass is 31.2. The lowest BCUT2D eigenvalue weighted by Gasteiger charge is -2.21. The third kappa shape index (κ3) is 69.2. The van der Waals surface area contributed by atoms with Gasteiger partial charge >= 0.3 is 39.5 Å². The topological polar surface area (TPSA) is 237 Å². The van der Waals surface area contributed by atoms with Crippen LogP contribution in [-0.4, -0.2) is 96.7 Å². The Morgan fingerprint density at radius 1 is 0.302 bits per heavy atom. The minimum Gasteiger partial charge on any atom is -0.462 e. The minimum atomic E-state index is -4.96. The number of carbonyl (C=O) groups is 4. The Bertz CT molecular complexity index is 1870. The summed E-state index contributed by atoms with van der Waals surface area (Å²) in [5.74, 6) is 0.259. The number of esters is 4. The van der Waals surface area contributed by atoms with Crippen molar-refractivity contribution in [3.05, 3.63) is 0 Å². The Balaban J connectivity index is 5.18. The molecule has 0 aromatic heterocycles. The van der Waals surface area contributed by atoms with E-state index in [-0.39, 0.29) is 25.7 Å². The van der Waals surface area contributed by atoms with Gasteiger partial charge in [0.25, 0.3) is 0 Å². The van der Waals surface area contributed by atoms with Gasteiger partial charge in [-0.05, 0) is 43.4 Å². The molecule has 0 saturated heterocycles. The summed E-state index contributed by atoms with van der Waals surface area (Å²) in [6.07, 6.45) is 54.3.